The molecular formula is C30H50ClF2NO4. The first-order valence-corrected chi connectivity index (χ1v) is 13.5. The van der Waals surface area contributed by atoms with Gasteiger partial charge in [-0.3, -0.25) is 0 Å². The van der Waals surface area contributed by atoms with Gasteiger partial charge in [-0.15, -0.1) is 0 Å². The number of methoxy groups -OCH3 is 1. The molecule has 2 unspecified atom stereocenters. The second kappa shape index (κ2) is 22.1. The van der Waals surface area contributed by atoms with Crippen molar-refractivity contribution in [3.8, 4) is 5.75 Å². The van der Waals surface area contributed by atoms with Gasteiger partial charge in [-0.1, -0.05) is 57.0 Å². The van der Waals surface area contributed by atoms with Crippen molar-refractivity contribution in [3.05, 3.63) is 64.2 Å². The van der Waals surface area contributed by atoms with Gasteiger partial charge >= 0.3 is 0 Å². The van der Waals surface area contributed by atoms with E-state index < -0.39 is 5.82 Å². The predicted molar refractivity (Wildman–Crippen MR) is 156 cm³/mol. The van der Waals surface area contributed by atoms with Crippen LogP contribution in [0.2, 0.25) is 5.02 Å². The molecule has 2 heterocycles. The van der Waals surface area contributed by atoms with Gasteiger partial charge in [0.15, 0.2) is 11.6 Å². The van der Waals surface area contributed by atoms with Crippen molar-refractivity contribution in [3.63, 3.8) is 0 Å². The summed E-state index contributed by atoms with van der Waals surface area (Å²) in [5.74, 6) is -0.672. The van der Waals surface area contributed by atoms with Crippen molar-refractivity contribution < 1.29 is 28.1 Å². The Bertz CT molecular complexity index is 830. The molecule has 0 aromatic heterocycles. The first kappa shape index (κ1) is 38.4. The highest BCUT2D eigenvalue weighted by Crippen LogP contribution is 2.48. The molecule has 0 bridgehead atoms. The second-order valence-corrected chi connectivity index (χ2v) is 9.38. The fourth-order valence-corrected chi connectivity index (χ4v) is 3.51. The SMILES string of the molecule is CC.CCC(C)O.CNC.COC.C[C@@]12CCOCC1COc1c(F)ccc(F)c12.Cc1ccc(Cl)cc1. The van der Waals surface area contributed by atoms with Crippen LogP contribution in [0.5, 0.6) is 5.75 Å². The first-order chi connectivity index (χ1) is 18.0. The summed E-state index contributed by atoms with van der Waals surface area (Å²) in [7, 11) is 7.00. The maximum absolute atomic E-state index is 14.0. The van der Waals surface area contributed by atoms with Crippen LogP contribution in [-0.2, 0) is 14.9 Å². The number of halogens is 3. The van der Waals surface area contributed by atoms with Crippen LogP contribution >= 0.6 is 11.6 Å². The molecule has 0 amide bonds. The Labute approximate surface area is 234 Å². The van der Waals surface area contributed by atoms with Crippen LogP contribution in [0, 0.1) is 24.5 Å². The van der Waals surface area contributed by atoms with Gasteiger partial charge in [0.25, 0.3) is 0 Å². The molecule has 1 saturated heterocycles. The number of ether oxygens (including phenoxy) is 3. The Morgan fingerprint density at radius 2 is 1.55 bits per heavy atom. The summed E-state index contributed by atoms with van der Waals surface area (Å²) in [4.78, 5) is 0. The highest BCUT2D eigenvalue weighted by atomic mass is 35.5. The number of rotatable bonds is 1. The normalized spacial score (nSPS) is 19.1. The zero-order chi connectivity index (χ0) is 29.7. The molecule has 1 fully saturated rings. The van der Waals surface area contributed by atoms with Crippen molar-refractivity contribution in [2.24, 2.45) is 5.92 Å². The number of nitrogens with one attached hydrogen (secondary N) is 1. The number of aryl methyl sites for hydroxylation is 1. The van der Waals surface area contributed by atoms with Gasteiger partial charge in [0.2, 0.25) is 0 Å². The maximum Gasteiger partial charge on any atom is 0.165 e. The Balaban J connectivity index is 0. The van der Waals surface area contributed by atoms with Crippen molar-refractivity contribution in [2.75, 3.05) is 48.1 Å². The van der Waals surface area contributed by atoms with Gasteiger partial charge in [0.1, 0.15) is 5.82 Å². The van der Waals surface area contributed by atoms with Crippen molar-refractivity contribution in [1.82, 2.24) is 5.32 Å². The average Bonchev–Trinajstić information content (AvgIpc) is 2.90. The number of aliphatic hydroxyl groups excluding tert-OH is 1. The molecule has 4 rings (SSSR count). The van der Waals surface area contributed by atoms with E-state index in [1.165, 1.54) is 11.6 Å². The van der Waals surface area contributed by atoms with Crippen LogP contribution in [0.4, 0.5) is 8.78 Å². The minimum Gasteiger partial charge on any atom is -0.490 e. The molecule has 5 nitrogen and oxygen atoms in total. The monoisotopic (exact) mass is 561 g/mol. The van der Waals surface area contributed by atoms with Crippen molar-refractivity contribution >= 4 is 11.6 Å². The molecule has 2 aliphatic heterocycles. The van der Waals surface area contributed by atoms with Crippen LogP contribution in [0.15, 0.2) is 36.4 Å². The summed E-state index contributed by atoms with van der Waals surface area (Å²) in [5, 5.41) is 11.9. The van der Waals surface area contributed by atoms with E-state index in [-0.39, 0.29) is 29.0 Å². The van der Waals surface area contributed by atoms with Crippen LogP contribution in [0.25, 0.3) is 0 Å². The minimum absolute atomic E-state index is 0.0886. The lowest BCUT2D eigenvalue weighted by molar-refractivity contribution is -0.0285. The molecule has 2 aromatic carbocycles. The zero-order valence-electron chi connectivity index (χ0n) is 25.0. The molecular weight excluding hydrogens is 512 g/mol. The summed E-state index contributed by atoms with van der Waals surface area (Å²) in [6, 6.07) is 10.1. The minimum atomic E-state index is -0.479. The molecule has 3 atom stereocenters. The Kier molecular flexibility index (Phi) is 22.3. The predicted octanol–water partition coefficient (Wildman–Crippen LogP) is 7.20. The van der Waals surface area contributed by atoms with Crippen LogP contribution in [0.3, 0.4) is 0 Å². The molecule has 2 aromatic rings. The van der Waals surface area contributed by atoms with E-state index in [1.54, 1.807) is 21.1 Å². The zero-order valence-corrected chi connectivity index (χ0v) is 25.7. The topological polar surface area (TPSA) is 60.0 Å². The third-order valence-electron chi connectivity index (χ3n) is 5.65. The van der Waals surface area contributed by atoms with Crippen molar-refractivity contribution in [1.29, 1.82) is 0 Å². The molecule has 38 heavy (non-hydrogen) atoms. The molecule has 0 aliphatic carbocycles. The number of hydrogen-bond donors (Lipinski definition) is 2. The highest BCUT2D eigenvalue weighted by Gasteiger charge is 2.46. The quantitative estimate of drug-likeness (QED) is 0.385. The number of hydrogen-bond acceptors (Lipinski definition) is 5. The molecule has 220 valence electrons. The largest absolute Gasteiger partial charge is 0.490 e. The maximum atomic E-state index is 14.0. The Morgan fingerprint density at radius 3 is 2.00 bits per heavy atom. The molecule has 0 saturated carbocycles. The summed E-state index contributed by atoms with van der Waals surface area (Å²) >= 11 is 5.61. The van der Waals surface area contributed by atoms with Gasteiger partial charge < -0.3 is 24.6 Å². The van der Waals surface area contributed by atoms with Crippen LogP contribution in [-0.4, -0.2) is 59.3 Å². The number of aliphatic hydroxyl groups is 1. The summed E-state index contributed by atoms with van der Waals surface area (Å²) in [6.07, 6.45) is 1.45. The van der Waals surface area contributed by atoms with Gasteiger partial charge in [-0.25, -0.2) is 8.78 Å². The third kappa shape index (κ3) is 13.9. The van der Waals surface area contributed by atoms with Gasteiger partial charge in [-0.2, -0.15) is 0 Å². The standard InChI is InChI=1S/C13H14F2O2.C7H7Cl.C4H10O.C2H7N.C2H6O.C2H6/c1-13-4-5-16-6-8(13)7-17-12-10(15)3-2-9(14)11(12)13;1-6-2-4-7(8)5-3-6;1-3-4(2)5;2*1-3-2;1-2/h2-3,8H,4-7H2,1H3;2-5H,1H3;4-5H,3H2,1-2H3;3H,1-2H3;1-2H3;1-2H3/t8?,13-;;;;;/m1...../s1. The first-order valence-electron chi connectivity index (χ1n) is 13.1. The van der Waals surface area contributed by atoms with E-state index in [0.717, 1.165) is 17.5 Å². The summed E-state index contributed by atoms with van der Waals surface area (Å²) in [5.41, 5.74) is 1.25. The molecule has 0 radical (unpaired) electrons. The van der Waals surface area contributed by atoms with E-state index in [1.807, 2.05) is 73.0 Å². The van der Waals surface area contributed by atoms with E-state index in [9.17, 15) is 8.78 Å². The Morgan fingerprint density at radius 1 is 1.08 bits per heavy atom. The van der Waals surface area contributed by atoms with Crippen molar-refractivity contribution in [2.45, 2.75) is 65.9 Å². The van der Waals surface area contributed by atoms with E-state index in [4.69, 9.17) is 26.2 Å². The molecule has 2 N–H and O–H groups in total. The average molecular weight is 562 g/mol. The molecule has 2 aliphatic rings. The molecule has 8 heteroatoms. The van der Waals surface area contributed by atoms with Gasteiger partial charge in [0.05, 0.1) is 19.3 Å². The fraction of sp³-hybridized carbons (Fsp3) is 0.600. The number of fused-ring (bicyclic) bond motifs is 3. The summed E-state index contributed by atoms with van der Waals surface area (Å²) in [6.45, 7) is 13.3. The number of benzene rings is 2. The lowest BCUT2D eigenvalue weighted by atomic mass is 9.67. The lowest BCUT2D eigenvalue weighted by Crippen LogP contribution is -2.47. The van der Waals surface area contributed by atoms with Crippen LogP contribution < -0.4 is 10.1 Å². The van der Waals surface area contributed by atoms with E-state index in [2.05, 4.69) is 10.1 Å². The summed E-state index contributed by atoms with van der Waals surface area (Å²) < 4.78 is 42.7. The second-order valence-electron chi connectivity index (χ2n) is 8.94. The van der Waals surface area contributed by atoms with Gasteiger partial charge in [0, 0.05) is 42.7 Å². The van der Waals surface area contributed by atoms with Crippen LogP contribution in [0.1, 0.15) is 58.6 Å². The molecule has 0 spiro atoms. The third-order valence-corrected chi connectivity index (χ3v) is 5.90. The smallest absolute Gasteiger partial charge is 0.165 e. The lowest BCUT2D eigenvalue weighted by Gasteiger charge is -2.45. The van der Waals surface area contributed by atoms with E-state index >= 15 is 0 Å². The fourth-order valence-electron chi connectivity index (χ4n) is 3.38. The van der Waals surface area contributed by atoms with E-state index in [0.29, 0.717) is 31.8 Å². The Hall–Kier alpha value is -1.77. The highest BCUT2D eigenvalue weighted by molar-refractivity contribution is 6.30. The van der Waals surface area contributed by atoms with Gasteiger partial charge in [-0.05, 0) is 65.0 Å².